The first-order chi connectivity index (χ1) is 8.38. The molecule has 0 saturated carbocycles. The van der Waals surface area contributed by atoms with Crippen LogP contribution in [-0.4, -0.2) is 34.7 Å². The average Bonchev–Trinajstić information content (AvgIpc) is 2.27. The molecule has 0 aromatic heterocycles. The summed E-state index contributed by atoms with van der Waals surface area (Å²) in [6.45, 7) is 3.19. The van der Waals surface area contributed by atoms with E-state index in [2.05, 4.69) is 0 Å². The molecule has 6 heteroatoms. The van der Waals surface area contributed by atoms with E-state index in [1.165, 1.54) is 13.0 Å². The van der Waals surface area contributed by atoms with E-state index in [-0.39, 0.29) is 30.6 Å². The molecule has 0 spiro atoms. The van der Waals surface area contributed by atoms with Crippen LogP contribution in [0.3, 0.4) is 0 Å². The summed E-state index contributed by atoms with van der Waals surface area (Å²) >= 11 is 0. The molecule has 0 unspecified atom stereocenters. The Labute approximate surface area is 105 Å². The van der Waals surface area contributed by atoms with Gasteiger partial charge in [0.1, 0.15) is 0 Å². The van der Waals surface area contributed by atoms with E-state index in [9.17, 15) is 14.4 Å². The van der Waals surface area contributed by atoms with Gasteiger partial charge in [0, 0.05) is 17.2 Å². The Morgan fingerprint density at radius 1 is 1.22 bits per heavy atom. The minimum absolute atomic E-state index is 0.0128. The van der Waals surface area contributed by atoms with Gasteiger partial charge in [0.15, 0.2) is 0 Å². The SMILES string of the molecule is CCOC(=O)/C(=C\C(=O)O)CCC=C(C)C(=O)O. The minimum Gasteiger partial charge on any atom is -0.478 e. The molecular formula is C12H16O6. The van der Waals surface area contributed by atoms with Crippen LogP contribution in [0.25, 0.3) is 0 Å². The number of carbonyl (C=O) groups excluding carboxylic acids is 1. The van der Waals surface area contributed by atoms with E-state index in [4.69, 9.17) is 14.9 Å². The van der Waals surface area contributed by atoms with E-state index in [0.29, 0.717) is 0 Å². The van der Waals surface area contributed by atoms with Gasteiger partial charge in [0.25, 0.3) is 0 Å². The molecule has 0 aromatic rings. The first-order valence-corrected chi connectivity index (χ1v) is 5.39. The third kappa shape index (κ3) is 6.47. The van der Waals surface area contributed by atoms with Gasteiger partial charge in [-0.1, -0.05) is 6.08 Å². The van der Waals surface area contributed by atoms with Crippen molar-refractivity contribution >= 4 is 17.9 Å². The molecule has 0 atom stereocenters. The van der Waals surface area contributed by atoms with Crippen molar-refractivity contribution in [3.8, 4) is 0 Å². The predicted octanol–water partition coefficient (Wildman–Crippen LogP) is 1.37. The second-order valence-corrected chi connectivity index (χ2v) is 3.46. The Kier molecular flexibility index (Phi) is 7.11. The third-order valence-corrected chi connectivity index (χ3v) is 2.04. The largest absolute Gasteiger partial charge is 0.478 e. The zero-order valence-electron chi connectivity index (χ0n) is 10.3. The fraction of sp³-hybridized carbons (Fsp3) is 0.417. The van der Waals surface area contributed by atoms with Gasteiger partial charge >= 0.3 is 17.9 Å². The van der Waals surface area contributed by atoms with Crippen molar-refractivity contribution in [2.45, 2.75) is 26.7 Å². The van der Waals surface area contributed by atoms with Crippen molar-refractivity contribution in [2.75, 3.05) is 6.61 Å². The zero-order chi connectivity index (χ0) is 14.1. The maximum Gasteiger partial charge on any atom is 0.334 e. The molecule has 0 amide bonds. The number of aliphatic carboxylic acids is 2. The first kappa shape index (κ1) is 15.9. The molecule has 0 aliphatic heterocycles. The Hall–Kier alpha value is -2.11. The molecule has 100 valence electrons. The normalized spacial score (nSPS) is 12.1. The Balaban J connectivity index is 4.63. The number of hydrogen-bond donors (Lipinski definition) is 2. The Morgan fingerprint density at radius 3 is 2.28 bits per heavy atom. The fourth-order valence-electron chi connectivity index (χ4n) is 1.14. The molecule has 0 fully saturated rings. The monoisotopic (exact) mass is 256 g/mol. The topological polar surface area (TPSA) is 101 Å². The number of rotatable bonds is 7. The molecular weight excluding hydrogens is 240 g/mol. The molecule has 2 N–H and O–H groups in total. The molecule has 0 rings (SSSR count). The molecule has 6 nitrogen and oxygen atoms in total. The summed E-state index contributed by atoms with van der Waals surface area (Å²) in [5, 5.41) is 17.2. The van der Waals surface area contributed by atoms with Gasteiger partial charge in [-0.3, -0.25) is 0 Å². The standard InChI is InChI=1S/C12H16O6/c1-3-18-12(17)9(7-10(13)14)6-4-5-8(2)11(15)16/h5,7H,3-4,6H2,1-2H3,(H,13,14)(H,15,16)/b8-5?,9-7-. The van der Waals surface area contributed by atoms with Crippen molar-refractivity contribution in [2.24, 2.45) is 0 Å². The highest BCUT2D eigenvalue weighted by Gasteiger charge is 2.12. The Bertz CT molecular complexity index is 391. The maximum atomic E-state index is 11.4. The fourth-order valence-corrected chi connectivity index (χ4v) is 1.14. The summed E-state index contributed by atoms with van der Waals surface area (Å²) in [7, 11) is 0. The van der Waals surface area contributed by atoms with Crippen molar-refractivity contribution in [3.63, 3.8) is 0 Å². The molecule has 18 heavy (non-hydrogen) atoms. The van der Waals surface area contributed by atoms with Crippen molar-refractivity contribution in [3.05, 3.63) is 23.3 Å². The van der Waals surface area contributed by atoms with E-state index in [1.807, 2.05) is 0 Å². The highest BCUT2D eigenvalue weighted by Crippen LogP contribution is 2.10. The van der Waals surface area contributed by atoms with Crippen molar-refractivity contribution in [1.29, 1.82) is 0 Å². The van der Waals surface area contributed by atoms with Crippen LogP contribution in [0.1, 0.15) is 26.7 Å². The first-order valence-electron chi connectivity index (χ1n) is 5.39. The molecule has 0 aromatic carbocycles. The number of hydrogen-bond acceptors (Lipinski definition) is 4. The van der Waals surface area contributed by atoms with Gasteiger partial charge in [-0.15, -0.1) is 0 Å². The van der Waals surface area contributed by atoms with E-state index >= 15 is 0 Å². The summed E-state index contributed by atoms with van der Waals surface area (Å²) in [4.78, 5) is 32.4. The number of allylic oxidation sites excluding steroid dienone is 1. The van der Waals surface area contributed by atoms with Crippen LogP contribution < -0.4 is 0 Å². The van der Waals surface area contributed by atoms with Crippen molar-refractivity contribution in [1.82, 2.24) is 0 Å². The zero-order valence-corrected chi connectivity index (χ0v) is 10.3. The van der Waals surface area contributed by atoms with Crippen molar-refractivity contribution < 1.29 is 29.3 Å². The van der Waals surface area contributed by atoms with Gasteiger partial charge < -0.3 is 14.9 Å². The van der Waals surface area contributed by atoms with Crippen LogP contribution >= 0.6 is 0 Å². The van der Waals surface area contributed by atoms with Gasteiger partial charge in [-0.25, -0.2) is 14.4 Å². The number of ether oxygens (including phenoxy) is 1. The number of carbonyl (C=O) groups is 3. The Morgan fingerprint density at radius 2 is 1.83 bits per heavy atom. The quantitative estimate of drug-likeness (QED) is 0.527. The summed E-state index contributed by atoms with van der Waals surface area (Å²) in [6.07, 6.45) is 2.59. The second-order valence-electron chi connectivity index (χ2n) is 3.46. The summed E-state index contributed by atoms with van der Waals surface area (Å²) in [6, 6.07) is 0. The lowest BCUT2D eigenvalue weighted by Gasteiger charge is -2.04. The van der Waals surface area contributed by atoms with E-state index in [0.717, 1.165) is 6.08 Å². The smallest absolute Gasteiger partial charge is 0.334 e. The lowest BCUT2D eigenvalue weighted by Crippen LogP contribution is -2.09. The van der Waals surface area contributed by atoms with Crippen LogP contribution in [0.2, 0.25) is 0 Å². The predicted molar refractivity (Wildman–Crippen MR) is 63.0 cm³/mol. The molecule has 0 aliphatic rings. The highest BCUT2D eigenvalue weighted by molar-refractivity contribution is 5.95. The van der Waals surface area contributed by atoms with E-state index in [1.54, 1.807) is 6.92 Å². The minimum atomic E-state index is -1.24. The highest BCUT2D eigenvalue weighted by atomic mass is 16.5. The molecule has 0 bridgehead atoms. The van der Waals surface area contributed by atoms with E-state index < -0.39 is 17.9 Å². The van der Waals surface area contributed by atoms with Gasteiger partial charge in [0.05, 0.1) is 6.61 Å². The molecule has 0 radical (unpaired) electrons. The van der Waals surface area contributed by atoms with Crippen LogP contribution in [0.15, 0.2) is 23.3 Å². The molecule has 0 heterocycles. The number of carboxylic acids is 2. The van der Waals surface area contributed by atoms with Gasteiger partial charge in [-0.05, 0) is 26.7 Å². The second kappa shape index (κ2) is 8.05. The van der Waals surface area contributed by atoms with Crippen LogP contribution in [0.4, 0.5) is 0 Å². The summed E-state index contributed by atoms with van der Waals surface area (Å²) in [5.74, 6) is -2.98. The van der Waals surface area contributed by atoms with Crippen LogP contribution in [0.5, 0.6) is 0 Å². The van der Waals surface area contributed by atoms with Gasteiger partial charge in [-0.2, -0.15) is 0 Å². The number of esters is 1. The molecule has 0 saturated heterocycles. The maximum absolute atomic E-state index is 11.4. The molecule has 0 aliphatic carbocycles. The van der Waals surface area contributed by atoms with Crippen LogP contribution in [-0.2, 0) is 19.1 Å². The van der Waals surface area contributed by atoms with Gasteiger partial charge in [0.2, 0.25) is 0 Å². The summed E-state index contributed by atoms with van der Waals surface area (Å²) in [5.41, 5.74) is 0.160. The average molecular weight is 256 g/mol. The van der Waals surface area contributed by atoms with Crippen LogP contribution in [0, 0.1) is 0 Å². The lowest BCUT2D eigenvalue weighted by molar-refractivity contribution is -0.139. The lowest BCUT2D eigenvalue weighted by atomic mass is 10.1. The third-order valence-electron chi connectivity index (χ3n) is 2.04. The number of carboxylic acid groups (broad SMARTS) is 2. The summed E-state index contributed by atoms with van der Waals surface area (Å²) < 4.78 is 4.70.